The summed E-state index contributed by atoms with van der Waals surface area (Å²) in [6.07, 6.45) is -9.09. The molecule has 0 bridgehead atoms. The Morgan fingerprint density at radius 1 is 1.07 bits per heavy atom. The Morgan fingerprint density at radius 2 is 1.73 bits per heavy atom. The van der Waals surface area contributed by atoms with Crippen LogP contribution in [0.3, 0.4) is 0 Å². The third-order valence-electron chi connectivity index (χ3n) is 6.76. The summed E-state index contributed by atoms with van der Waals surface area (Å²) >= 11 is 0. The molecule has 2 aromatic carbocycles. The normalized spacial score (nSPS) is 18.2. The van der Waals surface area contributed by atoms with Gasteiger partial charge in [0, 0.05) is 11.6 Å². The molecule has 3 aromatic rings. The molecule has 1 saturated carbocycles. The highest BCUT2D eigenvalue weighted by Gasteiger charge is 2.42. The molecule has 1 aliphatic rings. The van der Waals surface area contributed by atoms with Crippen molar-refractivity contribution in [2.24, 2.45) is 5.92 Å². The number of aromatic carboxylic acids is 1. The van der Waals surface area contributed by atoms with Gasteiger partial charge < -0.3 is 14.3 Å². The Bertz CT molecular complexity index is 1560. The number of nitrogens with zero attached hydrogens (tertiary/aromatic N) is 1. The lowest BCUT2D eigenvalue weighted by Crippen LogP contribution is -2.27. The molecule has 1 aromatic heterocycles. The van der Waals surface area contributed by atoms with Crippen molar-refractivity contribution in [1.29, 1.82) is 0 Å². The van der Waals surface area contributed by atoms with Crippen molar-refractivity contribution >= 4 is 21.7 Å². The molecule has 222 valence electrons. The van der Waals surface area contributed by atoms with E-state index < -0.39 is 79.3 Å². The fraction of sp³-hybridized carbons (Fsp3) is 0.360. The SMILES string of the molecule is COc1cc(C(=O)O)c(F)cc1NS(=O)(=O)c1coc(-c2ccc([C@H]3CC[C@H](C(F)(F)F)CC3)cc2C(F)(F)F)n1. The number of hydrogen-bond acceptors (Lipinski definition) is 6. The van der Waals surface area contributed by atoms with Crippen LogP contribution in [0.15, 0.2) is 46.0 Å². The second-order valence-electron chi connectivity index (χ2n) is 9.33. The number of benzene rings is 2. The summed E-state index contributed by atoms with van der Waals surface area (Å²) in [5.41, 5.74) is -2.97. The van der Waals surface area contributed by atoms with Crippen LogP contribution in [-0.4, -0.2) is 37.8 Å². The Labute approximate surface area is 228 Å². The van der Waals surface area contributed by atoms with Gasteiger partial charge in [-0.2, -0.15) is 39.7 Å². The number of carboxylic acids is 1. The van der Waals surface area contributed by atoms with Crippen LogP contribution >= 0.6 is 0 Å². The van der Waals surface area contributed by atoms with Crippen molar-refractivity contribution in [1.82, 2.24) is 4.98 Å². The van der Waals surface area contributed by atoms with E-state index in [2.05, 4.69) is 4.98 Å². The molecular formula is C25H21F7N2O6S. The van der Waals surface area contributed by atoms with Crippen molar-refractivity contribution in [3.8, 4) is 17.2 Å². The first kappa shape index (κ1) is 30.1. The first-order chi connectivity index (χ1) is 19.0. The number of anilines is 1. The van der Waals surface area contributed by atoms with Gasteiger partial charge in [0.25, 0.3) is 10.0 Å². The van der Waals surface area contributed by atoms with E-state index >= 15 is 0 Å². The summed E-state index contributed by atoms with van der Waals surface area (Å²) in [7, 11) is -3.63. The second-order valence-corrected chi connectivity index (χ2v) is 11.0. The molecule has 0 atom stereocenters. The fourth-order valence-electron chi connectivity index (χ4n) is 4.66. The number of rotatable bonds is 7. The summed E-state index contributed by atoms with van der Waals surface area (Å²) in [4.78, 5) is 14.8. The molecule has 0 unspecified atom stereocenters. The summed E-state index contributed by atoms with van der Waals surface area (Å²) in [6, 6.07) is 4.38. The van der Waals surface area contributed by atoms with Gasteiger partial charge >= 0.3 is 18.3 Å². The Hall–Kier alpha value is -3.82. The van der Waals surface area contributed by atoms with Crippen molar-refractivity contribution in [2.45, 2.75) is 49.0 Å². The molecule has 8 nitrogen and oxygen atoms in total. The summed E-state index contributed by atoms with van der Waals surface area (Å²) < 4.78 is 133. The molecule has 0 spiro atoms. The van der Waals surface area contributed by atoms with Crippen LogP contribution in [0, 0.1) is 11.7 Å². The second kappa shape index (κ2) is 10.9. The average Bonchev–Trinajstić information content (AvgIpc) is 3.39. The van der Waals surface area contributed by atoms with Crippen molar-refractivity contribution in [3.05, 3.63) is 59.1 Å². The predicted molar refractivity (Wildman–Crippen MR) is 128 cm³/mol. The van der Waals surface area contributed by atoms with E-state index in [0.717, 1.165) is 25.3 Å². The Kier molecular flexibility index (Phi) is 7.99. The number of hydrogen-bond donors (Lipinski definition) is 2. The van der Waals surface area contributed by atoms with Gasteiger partial charge in [0.15, 0.2) is 0 Å². The Morgan fingerprint density at radius 3 is 2.29 bits per heavy atom. The lowest BCUT2D eigenvalue weighted by molar-refractivity contribution is -0.182. The highest BCUT2D eigenvalue weighted by molar-refractivity contribution is 7.92. The number of carboxylic acid groups (broad SMARTS) is 1. The first-order valence-electron chi connectivity index (χ1n) is 11.9. The molecule has 1 heterocycles. The molecule has 4 rings (SSSR count). The van der Waals surface area contributed by atoms with Crippen LogP contribution in [0.2, 0.25) is 0 Å². The largest absolute Gasteiger partial charge is 0.495 e. The van der Waals surface area contributed by atoms with E-state index in [4.69, 9.17) is 14.3 Å². The molecule has 1 fully saturated rings. The maximum atomic E-state index is 14.2. The molecule has 1 aliphatic carbocycles. The van der Waals surface area contributed by atoms with Crippen molar-refractivity contribution in [3.63, 3.8) is 0 Å². The third-order valence-corrected chi connectivity index (χ3v) is 7.99. The number of ether oxygens (including phenoxy) is 1. The van der Waals surface area contributed by atoms with E-state index in [1.807, 2.05) is 4.72 Å². The number of methoxy groups -OCH3 is 1. The monoisotopic (exact) mass is 610 g/mol. The lowest BCUT2D eigenvalue weighted by atomic mass is 9.78. The zero-order chi connectivity index (χ0) is 30.3. The third kappa shape index (κ3) is 6.41. The minimum Gasteiger partial charge on any atom is -0.495 e. The van der Waals surface area contributed by atoms with E-state index in [1.165, 1.54) is 6.07 Å². The number of nitrogens with one attached hydrogen (secondary N) is 1. The molecule has 41 heavy (non-hydrogen) atoms. The smallest absolute Gasteiger partial charge is 0.417 e. The molecule has 0 saturated heterocycles. The van der Waals surface area contributed by atoms with Gasteiger partial charge in [-0.05, 0) is 55.4 Å². The highest BCUT2D eigenvalue weighted by atomic mass is 32.2. The van der Waals surface area contributed by atoms with E-state index in [-0.39, 0.29) is 37.0 Å². The van der Waals surface area contributed by atoms with E-state index in [1.54, 1.807) is 0 Å². The fourth-order valence-corrected chi connectivity index (χ4v) is 5.59. The number of oxazole rings is 1. The van der Waals surface area contributed by atoms with Crippen LogP contribution in [-0.2, 0) is 16.2 Å². The molecule has 16 heteroatoms. The van der Waals surface area contributed by atoms with Crippen LogP contribution in [0.25, 0.3) is 11.5 Å². The van der Waals surface area contributed by atoms with Crippen LogP contribution < -0.4 is 9.46 Å². The molecule has 2 N–H and O–H groups in total. The minimum absolute atomic E-state index is 0.0470. The highest BCUT2D eigenvalue weighted by Crippen LogP contribution is 2.45. The van der Waals surface area contributed by atoms with Gasteiger partial charge in [-0.15, -0.1) is 0 Å². The number of carbonyl (C=O) groups is 1. The number of halogens is 7. The number of sulfonamides is 1. The van der Waals surface area contributed by atoms with Crippen LogP contribution in [0.1, 0.15) is 53.1 Å². The van der Waals surface area contributed by atoms with Gasteiger partial charge in [0.1, 0.15) is 17.8 Å². The number of alkyl halides is 6. The minimum atomic E-state index is -4.95. The quantitative estimate of drug-likeness (QED) is 0.281. The standard InChI is InChI=1S/C25H21F7N2O6S/c1-39-20-9-16(23(35)36)18(26)10-19(20)34-41(37,38)21-11-40-22(33-21)15-7-4-13(8-17(15)25(30,31)32)12-2-5-14(6-3-12)24(27,28)29/h4,7-12,14,34H,2-3,5-6H2,1H3,(H,35,36)/t12-,14-. The van der Waals surface area contributed by atoms with Gasteiger partial charge in [0.2, 0.25) is 10.9 Å². The molecule has 0 aliphatic heterocycles. The van der Waals surface area contributed by atoms with Crippen LogP contribution in [0.5, 0.6) is 5.75 Å². The first-order valence-corrected chi connectivity index (χ1v) is 13.4. The van der Waals surface area contributed by atoms with Crippen molar-refractivity contribution in [2.75, 3.05) is 11.8 Å². The lowest BCUT2D eigenvalue weighted by Gasteiger charge is -2.30. The van der Waals surface area contributed by atoms with Crippen molar-refractivity contribution < 1.29 is 58.2 Å². The zero-order valence-corrected chi connectivity index (χ0v) is 21.8. The van der Waals surface area contributed by atoms with E-state index in [9.17, 15) is 43.9 Å². The van der Waals surface area contributed by atoms with Gasteiger partial charge in [0.05, 0.1) is 29.8 Å². The van der Waals surface area contributed by atoms with Gasteiger partial charge in [-0.1, -0.05) is 6.07 Å². The topological polar surface area (TPSA) is 119 Å². The van der Waals surface area contributed by atoms with Crippen LogP contribution in [0.4, 0.5) is 36.4 Å². The Balaban J connectivity index is 1.63. The maximum Gasteiger partial charge on any atom is 0.417 e. The molecular weight excluding hydrogens is 589 g/mol. The summed E-state index contributed by atoms with van der Waals surface area (Å²) in [5, 5.41) is 8.16. The molecule has 0 amide bonds. The van der Waals surface area contributed by atoms with E-state index in [0.29, 0.717) is 12.3 Å². The van der Waals surface area contributed by atoms with Gasteiger partial charge in [-0.3, -0.25) is 4.72 Å². The number of aromatic nitrogens is 1. The molecule has 0 radical (unpaired) electrons. The average molecular weight is 611 g/mol. The predicted octanol–water partition coefficient (Wildman–Crippen LogP) is 6.84. The summed E-state index contributed by atoms with van der Waals surface area (Å²) in [5.74, 6) is -6.06. The maximum absolute atomic E-state index is 14.2. The summed E-state index contributed by atoms with van der Waals surface area (Å²) in [6.45, 7) is 0. The van der Waals surface area contributed by atoms with Gasteiger partial charge in [-0.25, -0.2) is 9.18 Å². The zero-order valence-electron chi connectivity index (χ0n) is 20.9.